The van der Waals surface area contributed by atoms with Crippen LogP contribution in [0.25, 0.3) is 11.1 Å². The van der Waals surface area contributed by atoms with Gasteiger partial charge in [0.1, 0.15) is 0 Å². The average Bonchev–Trinajstić information content (AvgIpc) is 2.78. The highest BCUT2D eigenvalue weighted by molar-refractivity contribution is 7.99. The van der Waals surface area contributed by atoms with Crippen molar-refractivity contribution in [1.29, 1.82) is 0 Å². The molecular weight excluding hydrogens is 226 g/mol. The summed E-state index contributed by atoms with van der Waals surface area (Å²) < 4.78 is 0. The Bertz CT molecular complexity index is 643. The Labute approximate surface area is 105 Å². The summed E-state index contributed by atoms with van der Waals surface area (Å²) in [5.74, 6) is 1.09. The molecule has 1 aliphatic carbocycles. The smallest absolute Gasteiger partial charge is 0.0804 e. The molecule has 0 amide bonds. The molecule has 0 saturated carbocycles. The fraction of sp³-hybridized carbons (Fsp3) is 0.133. The van der Waals surface area contributed by atoms with Crippen LogP contribution in [0.15, 0.2) is 47.5 Å². The Morgan fingerprint density at radius 1 is 1.00 bits per heavy atom. The van der Waals surface area contributed by atoms with E-state index in [9.17, 15) is 0 Å². The molecule has 4 rings (SSSR count). The van der Waals surface area contributed by atoms with Crippen molar-refractivity contribution in [3.05, 3.63) is 59.4 Å². The molecule has 0 atom stereocenters. The summed E-state index contributed by atoms with van der Waals surface area (Å²) in [7, 11) is 0. The first-order valence-corrected chi connectivity index (χ1v) is 6.80. The zero-order valence-corrected chi connectivity index (χ0v) is 10.1. The van der Waals surface area contributed by atoms with Crippen molar-refractivity contribution in [2.24, 2.45) is 0 Å². The Morgan fingerprint density at radius 3 is 2.94 bits per heavy atom. The van der Waals surface area contributed by atoms with Crippen molar-refractivity contribution in [2.75, 3.05) is 5.75 Å². The lowest BCUT2D eigenvalue weighted by Crippen LogP contribution is -2.00. The van der Waals surface area contributed by atoms with Crippen LogP contribution in [0.5, 0.6) is 0 Å². The van der Waals surface area contributed by atoms with E-state index in [-0.39, 0.29) is 0 Å². The molecule has 0 fully saturated rings. The Kier molecular flexibility index (Phi) is 1.94. The maximum atomic E-state index is 4.57. The van der Waals surface area contributed by atoms with Gasteiger partial charge in [-0.1, -0.05) is 24.3 Å². The van der Waals surface area contributed by atoms with Crippen molar-refractivity contribution >= 4 is 22.9 Å². The summed E-state index contributed by atoms with van der Waals surface area (Å²) in [6, 6.07) is 12.9. The number of fused-ring (bicyclic) bond motifs is 4. The van der Waals surface area contributed by atoms with Crippen LogP contribution in [0.4, 0.5) is 0 Å². The van der Waals surface area contributed by atoms with Crippen LogP contribution in [-0.2, 0) is 6.42 Å². The second kappa shape index (κ2) is 3.47. The van der Waals surface area contributed by atoms with Crippen LogP contribution in [-0.4, -0.2) is 10.7 Å². The number of rotatable bonds is 0. The molecule has 0 saturated heterocycles. The molecule has 2 aromatic rings. The monoisotopic (exact) mass is 237 g/mol. The van der Waals surface area contributed by atoms with Crippen LogP contribution in [0.1, 0.15) is 16.8 Å². The molecule has 82 valence electrons. The molecule has 1 nitrogen and oxygen atoms in total. The van der Waals surface area contributed by atoms with E-state index >= 15 is 0 Å². The number of thioether (sulfide) groups is 1. The molecule has 2 heteroatoms. The Balaban J connectivity index is 1.95. The molecule has 0 N–H and O–H groups in total. The zero-order valence-electron chi connectivity index (χ0n) is 9.31. The van der Waals surface area contributed by atoms with E-state index < -0.39 is 0 Å². The predicted molar refractivity (Wildman–Crippen MR) is 71.9 cm³/mol. The minimum atomic E-state index is 1.05. The van der Waals surface area contributed by atoms with Gasteiger partial charge in [0.05, 0.1) is 5.69 Å². The van der Waals surface area contributed by atoms with Crippen LogP contribution in [0.2, 0.25) is 0 Å². The largest absolute Gasteiger partial charge is 0.255 e. The van der Waals surface area contributed by atoms with Crippen LogP contribution in [0.3, 0.4) is 0 Å². The minimum Gasteiger partial charge on any atom is -0.255 e. The number of aromatic nitrogens is 1. The van der Waals surface area contributed by atoms with E-state index in [1.54, 1.807) is 0 Å². The first-order valence-electron chi connectivity index (χ1n) is 5.82. The molecule has 1 aliphatic heterocycles. The van der Waals surface area contributed by atoms with E-state index in [0.717, 1.165) is 12.2 Å². The highest BCUT2D eigenvalue weighted by Crippen LogP contribution is 2.46. The van der Waals surface area contributed by atoms with Gasteiger partial charge in [0.25, 0.3) is 0 Å². The van der Waals surface area contributed by atoms with Crippen LogP contribution in [0, 0.1) is 0 Å². The van der Waals surface area contributed by atoms with Crippen molar-refractivity contribution in [3.63, 3.8) is 0 Å². The second-order valence-corrected chi connectivity index (χ2v) is 5.45. The molecule has 0 unspecified atom stereocenters. The van der Waals surface area contributed by atoms with Crippen molar-refractivity contribution in [1.82, 2.24) is 4.98 Å². The summed E-state index contributed by atoms with van der Waals surface area (Å²) >= 11 is 1.91. The van der Waals surface area contributed by atoms with Gasteiger partial charge in [0.2, 0.25) is 0 Å². The summed E-state index contributed by atoms with van der Waals surface area (Å²) in [5.41, 5.74) is 7.04. The number of allylic oxidation sites excluding steroid dienone is 1. The first-order chi connectivity index (χ1) is 8.43. The summed E-state index contributed by atoms with van der Waals surface area (Å²) in [6.07, 6.45) is 2.95. The molecule has 2 heterocycles. The quantitative estimate of drug-likeness (QED) is 0.693. The van der Waals surface area contributed by atoms with Gasteiger partial charge >= 0.3 is 0 Å². The third-order valence-electron chi connectivity index (χ3n) is 3.50. The maximum absolute atomic E-state index is 4.57. The third-order valence-corrected chi connectivity index (χ3v) is 4.58. The van der Waals surface area contributed by atoms with Gasteiger partial charge in [0.15, 0.2) is 0 Å². The zero-order chi connectivity index (χ0) is 11.2. The van der Waals surface area contributed by atoms with E-state index in [0.29, 0.717) is 0 Å². The van der Waals surface area contributed by atoms with Crippen molar-refractivity contribution < 1.29 is 0 Å². The molecule has 1 aromatic carbocycles. The van der Waals surface area contributed by atoms with E-state index in [4.69, 9.17) is 0 Å². The lowest BCUT2D eigenvalue weighted by molar-refractivity contribution is 1.15. The average molecular weight is 237 g/mol. The molecule has 17 heavy (non-hydrogen) atoms. The van der Waals surface area contributed by atoms with E-state index in [1.165, 1.54) is 32.9 Å². The highest BCUT2D eigenvalue weighted by Gasteiger charge is 2.27. The molecule has 0 radical (unpaired) electrons. The molecule has 2 aliphatic rings. The molecule has 0 bridgehead atoms. The molecule has 0 spiro atoms. The van der Waals surface area contributed by atoms with Gasteiger partial charge in [-0.15, -0.1) is 11.8 Å². The SMILES string of the molecule is c1ccc2c(c1)CC1=C2CSc2cccnc21. The Morgan fingerprint density at radius 2 is 1.94 bits per heavy atom. The number of hydrogen-bond donors (Lipinski definition) is 0. The lowest BCUT2D eigenvalue weighted by Gasteiger charge is -2.17. The van der Waals surface area contributed by atoms with Gasteiger partial charge in [-0.05, 0) is 34.4 Å². The van der Waals surface area contributed by atoms with Crippen molar-refractivity contribution in [3.8, 4) is 0 Å². The fourth-order valence-electron chi connectivity index (χ4n) is 2.70. The molecule has 1 aromatic heterocycles. The second-order valence-electron chi connectivity index (χ2n) is 4.43. The predicted octanol–water partition coefficient (Wildman–Crippen LogP) is 3.65. The summed E-state index contributed by atoms with van der Waals surface area (Å²) in [4.78, 5) is 5.90. The maximum Gasteiger partial charge on any atom is 0.0804 e. The lowest BCUT2D eigenvalue weighted by atomic mass is 10.1. The number of benzene rings is 1. The first kappa shape index (κ1) is 9.49. The fourth-order valence-corrected chi connectivity index (χ4v) is 3.82. The third kappa shape index (κ3) is 1.31. The van der Waals surface area contributed by atoms with Gasteiger partial charge in [0, 0.05) is 23.3 Å². The number of nitrogens with zero attached hydrogens (tertiary/aromatic N) is 1. The van der Waals surface area contributed by atoms with E-state index in [1.807, 2.05) is 24.0 Å². The number of hydrogen-bond acceptors (Lipinski definition) is 2. The summed E-state index contributed by atoms with van der Waals surface area (Å²) in [5, 5.41) is 0. The highest BCUT2D eigenvalue weighted by atomic mass is 32.2. The van der Waals surface area contributed by atoms with Gasteiger partial charge in [-0.25, -0.2) is 0 Å². The van der Waals surface area contributed by atoms with Gasteiger partial charge in [-0.3, -0.25) is 4.98 Å². The van der Waals surface area contributed by atoms with Crippen LogP contribution < -0.4 is 0 Å². The standard InChI is InChI=1S/C15H11NS/c1-2-5-11-10(4-1)8-12-13(11)9-17-14-6-3-7-16-15(12)14/h1-7H,8-9H2. The van der Waals surface area contributed by atoms with Crippen LogP contribution >= 0.6 is 11.8 Å². The van der Waals surface area contributed by atoms with Crippen molar-refractivity contribution in [2.45, 2.75) is 11.3 Å². The topological polar surface area (TPSA) is 12.9 Å². The van der Waals surface area contributed by atoms with Gasteiger partial charge in [-0.2, -0.15) is 0 Å². The van der Waals surface area contributed by atoms with E-state index in [2.05, 4.69) is 35.3 Å². The summed E-state index contributed by atoms with van der Waals surface area (Å²) in [6.45, 7) is 0. The Hall–Kier alpha value is -1.54. The van der Waals surface area contributed by atoms with Gasteiger partial charge < -0.3 is 0 Å². The number of pyridine rings is 1. The minimum absolute atomic E-state index is 1.05. The normalized spacial score (nSPS) is 16.5. The molecular formula is C15H11NS.